The number of benzene rings is 1. The Morgan fingerprint density at radius 1 is 1.18 bits per heavy atom. The van der Waals surface area contributed by atoms with Gasteiger partial charge in [-0.3, -0.25) is 0 Å². The molecule has 0 bridgehead atoms. The number of pyridine rings is 1. The Labute approximate surface area is 166 Å². The number of hydrogen-bond acceptors (Lipinski definition) is 7. The lowest BCUT2D eigenvalue weighted by atomic mass is 10.1. The summed E-state index contributed by atoms with van der Waals surface area (Å²) >= 11 is 1.03. The zero-order valence-electron chi connectivity index (χ0n) is 15.2. The Hall–Kier alpha value is -2.43. The maximum absolute atomic E-state index is 13.3. The summed E-state index contributed by atoms with van der Waals surface area (Å²) in [6.45, 7) is 3.66. The molecule has 3 aromatic heterocycles. The molecule has 0 radical (unpaired) electrons. The van der Waals surface area contributed by atoms with Crippen molar-refractivity contribution in [1.29, 1.82) is 0 Å². The van der Waals surface area contributed by atoms with Crippen LogP contribution >= 0.6 is 11.7 Å². The normalized spacial score (nSPS) is 18.4. The van der Waals surface area contributed by atoms with Crippen LogP contribution < -0.4 is 0 Å². The van der Waals surface area contributed by atoms with Gasteiger partial charge in [-0.1, -0.05) is 6.07 Å². The summed E-state index contributed by atoms with van der Waals surface area (Å²) in [5, 5.41) is 0. The topological polar surface area (TPSA) is 93.9 Å². The summed E-state index contributed by atoms with van der Waals surface area (Å²) in [4.78, 5) is 9.42. The van der Waals surface area contributed by atoms with Gasteiger partial charge in [0.05, 0.1) is 11.7 Å². The molecule has 0 saturated carbocycles. The van der Waals surface area contributed by atoms with E-state index in [0.29, 0.717) is 24.1 Å². The largest absolute Gasteiger partial charge is 0.313 e. The maximum Gasteiger partial charge on any atom is 0.245 e. The quantitative estimate of drug-likeness (QED) is 0.510. The highest BCUT2D eigenvalue weighted by Crippen LogP contribution is 2.33. The molecular weight excluding hydrogens is 396 g/mol. The molecule has 28 heavy (non-hydrogen) atoms. The zero-order valence-corrected chi connectivity index (χ0v) is 16.8. The van der Waals surface area contributed by atoms with Crippen LogP contribution in [0, 0.1) is 0 Å². The lowest BCUT2D eigenvalue weighted by Gasteiger charge is -2.17. The van der Waals surface area contributed by atoms with Crippen LogP contribution in [0.5, 0.6) is 0 Å². The molecule has 0 aliphatic carbocycles. The second-order valence-corrected chi connectivity index (χ2v) is 9.23. The van der Waals surface area contributed by atoms with E-state index in [1.165, 1.54) is 0 Å². The van der Waals surface area contributed by atoms with Crippen LogP contribution in [-0.4, -0.2) is 49.1 Å². The van der Waals surface area contributed by atoms with Crippen LogP contribution in [0.4, 0.5) is 0 Å². The van der Waals surface area contributed by atoms with E-state index in [1.807, 2.05) is 12.1 Å². The first-order valence-electron chi connectivity index (χ1n) is 9.12. The molecule has 0 spiro atoms. The predicted molar refractivity (Wildman–Crippen MR) is 107 cm³/mol. The Morgan fingerprint density at radius 3 is 2.89 bits per heavy atom. The Kier molecular flexibility index (Phi) is 4.14. The highest BCUT2D eigenvalue weighted by molar-refractivity contribution is 7.89. The van der Waals surface area contributed by atoms with Gasteiger partial charge in [-0.05, 0) is 37.6 Å². The van der Waals surface area contributed by atoms with Crippen LogP contribution in [0.2, 0.25) is 0 Å². The van der Waals surface area contributed by atoms with Crippen LogP contribution in [0.1, 0.15) is 25.1 Å². The molecular formula is C18H18N6O2S2. The van der Waals surface area contributed by atoms with E-state index in [-0.39, 0.29) is 10.8 Å². The second kappa shape index (κ2) is 6.57. The van der Waals surface area contributed by atoms with E-state index >= 15 is 0 Å². The van der Waals surface area contributed by atoms with Crippen molar-refractivity contribution in [2.45, 2.75) is 30.7 Å². The Balaban J connectivity index is 1.50. The smallest absolute Gasteiger partial charge is 0.245 e. The minimum atomic E-state index is -3.64. The summed E-state index contributed by atoms with van der Waals surface area (Å²) in [6.07, 6.45) is 2.49. The maximum atomic E-state index is 13.3. The molecule has 5 rings (SSSR count). The molecule has 0 unspecified atom stereocenters. The molecule has 1 aromatic carbocycles. The van der Waals surface area contributed by atoms with E-state index in [0.717, 1.165) is 41.7 Å². The highest BCUT2D eigenvalue weighted by Gasteiger charge is 2.36. The number of fused-ring (bicyclic) bond motifs is 2. The van der Waals surface area contributed by atoms with E-state index in [1.54, 1.807) is 28.7 Å². The Bertz CT molecular complexity index is 1280. The fourth-order valence-electron chi connectivity index (χ4n) is 3.89. The number of aryl methyl sites for hydroxylation is 1. The molecule has 4 heterocycles. The molecule has 144 valence electrons. The van der Waals surface area contributed by atoms with Crippen molar-refractivity contribution in [1.82, 2.24) is 27.6 Å². The first-order chi connectivity index (χ1) is 13.6. The summed E-state index contributed by atoms with van der Waals surface area (Å²) in [7, 11) is -3.64. The van der Waals surface area contributed by atoms with Gasteiger partial charge < -0.3 is 4.57 Å². The second-order valence-electron chi connectivity index (χ2n) is 6.80. The van der Waals surface area contributed by atoms with Crippen molar-refractivity contribution in [2.24, 2.45) is 0 Å². The van der Waals surface area contributed by atoms with Crippen molar-refractivity contribution < 1.29 is 8.42 Å². The third-order valence-electron chi connectivity index (χ3n) is 5.23. The molecule has 1 fully saturated rings. The lowest BCUT2D eigenvalue weighted by molar-refractivity contribution is 0.470. The average Bonchev–Trinajstić information content (AvgIpc) is 3.44. The average molecular weight is 415 g/mol. The first-order valence-corrected chi connectivity index (χ1v) is 11.3. The van der Waals surface area contributed by atoms with Gasteiger partial charge in [0.2, 0.25) is 10.0 Å². The lowest BCUT2D eigenvalue weighted by Crippen LogP contribution is -2.29. The highest BCUT2D eigenvalue weighted by atomic mass is 32.2. The van der Waals surface area contributed by atoms with E-state index in [9.17, 15) is 8.42 Å². The fraction of sp³-hybridized carbons (Fsp3) is 0.333. The molecule has 4 aromatic rings. The summed E-state index contributed by atoms with van der Waals surface area (Å²) in [6, 6.07) is 8.91. The summed E-state index contributed by atoms with van der Waals surface area (Å²) in [5.41, 5.74) is 2.75. The number of aromatic nitrogens is 5. The zero-order chi connectivity index (χ0) is 19.3. The number of imidazole rings is 1. The van der Waals surface area contributed by atoms with Crippen molar-refractivity contribution >= 4 is 43.9 Å². The molecule has 0 amide bonds. The molecule has 1 aliphatic rings. The van der Waals surface area contributed by atoms with E-state index in [2.05, 4.69) is 25.2 Å². The van der Waals surface area contributed by atoms with Crippen LogP contribution in [0.3, 0.4) is 0 Å². The minimum Gasteiger partial charge on any atom is -0.313 e. The van der Waals surface area contributed by atoms with Crippen molar-refractivity contribution in [3.8, 4) is 0 Å². The number of hydrogen-bond donors (Lipinski definition) is 0. The van der Waals surface area contributed by atoms with Gasteiger partial charge in [-0.15, -0.1) is 0 Å². The third kappa shape index (κ3) is 2.63. The monoisotopic (exact) mass is 414 g/mol. The van der Waals surface area contributed by atoms with Crippen molar-refractivity contribution in [3.05, 3.63) is 42.4 Å². The first kappa shape index (κ1) is 17.7. The fourth-order valence-corrected chi connectivity index (χ4v) is 6.14. The molecule has 1 atom stereocenters. The third-order valence-corrected chi connectivity index (χ3v) is 7.67. The number of rotatable bonds is 4. The molecule has 0 N–H and O–H groups in total. The molecule has 1 saturated heterocycles. The Morgan fingerprint density at radius 2 is 2.04 bits per heavy atom. The molecule has 1 aliphatic heterocycles. The standard InChI is InChI=1S/C18H18N6O2S2/c1-2-24-17(20-14-6-4-9-19-18(14)24)12-8-10-23(11-12)28(25,26)15-7-3-5-13-16(15)22-27-21-13/h3-7,9,12H,2,8,10-11H2,1H3/t12-/m1/s1. The van der Waals surface area contributed by atoms with Gasteiger partial charge in [0, 0.05) is 31.7 Å². The summed E-state index contributed by atoms with van der Waals surface area (Å²) < 4.78 is 38.5. The van der Waals surface area contributed by atoms with Crippen LogP contribution in [0.15, 0.2) is 41.4 Å². The summed E-state index contributed by atoms with van der Waals surface area (Å²) in [5.74, 6) is 0.944. The van der Waals surface area contributed by atoms with E-state index < -0.39 is 10.0 Å². The van der Waals surface area contributed by atoms with Gasteiger partial charge in [-0.25, -0.2) is 18.4 Å². The van der Waals surface area contributed by atoms with Gasteiger partial charge in [-0.2, -0.15) is 13.1 Å². The molecule has 8 nitrogen and oxygen atoms in total. The van der Waals surface area contributed by atoms with Gasteiger partial charge >= 0.3 is 0 Å². The SMILES string of the molecule is CCn1c([C@@H]2CCN(S(=O)(=O)c3cccc4nsnc34)C2)nc2cccnc21. The minimum absolute atomic E-state index is 0.0386. The van der Waals surface area contributed by atoms with Gasteiger partial charge in [0.1, 0.15) is 27.3 Å². The molecule has 10 heteroatoms. The van der Waals surface area contributed by atoms with Gasteiger partial charge in [0.25, 0.3) is 0 Å². The van der Waals surface area contributed by atoms with Crippen LogP contribution in [-0.2, 0) is 16.6 Å². The number of nitrogens with zero attached hydrogens (tertiary/aromatic N) is 6. The van der Waals surface area contributed by atoms with E-state index in [4.69, 9.17) is 4.98 Å². The number of sulfonamides is 1. The van der Waals surface area contributed by atoms with Gasteiger partial charge in [0.15, 0.2) is 5.65 Å². The predicted octanol–water partition coefficient (Wildman–Crippen LogP) is 2.63. The van der Waals surface area contributed by atoms with Crippen LogP contribution in [0.25, 0.3) is 22.2 Å². The van der Waals surface area contributed by atoms with Crippen molar-refractivity contribution in [2.75, 3.05) is 13.1 Å². The van der Waals surface area contributed by atoms with Crippen molar-refractivity contribution in [3.63, 3.8) is 0 Å².